The molecule has 2 aromatic heterocycles. The van der Waals surface area contributed by atoms with Crippen LogP contribution in [0.3, 0.4) is 0 Å². The molecule has 2 heterocycles. The highest BCUT2D eigenvalue weighted by Crippen LogP contribution is 2.29. The van der Waals surface area contributed by atoms with Crippen LogP contribution in [0.2, 0.25) is 0 Å². The lowest BCUT2D eigenvalue weighted by Crippen LogP contribution is -2.14. The van der Waals surface area contributed by atoms with Gasteiger partial charge in [-0.3, -0.25) is 9.36 Å². The van der Waals surface area contributed by atoms with E-state index in [1.165, 1.54) is 23.1 Å². The van der Waals surface area contributed by atoms with Gasteiger partial charge in [-0.1, -0.05) is 69.4 Å². The number of nitrogens with zero attached hydrogens (tertiary/aromatic N) is 4. The lowest BCUT2D eigenvalue weighted by molar-refractivity contribution is -0.113. The second-order valence-electron chi connectivity index (χ2n) is 7.59. The van der Waals surface area contributed by atoms with Crippen LogP contribution in [0, 0.1) is 0 Å². The van der Waals surface area contributed by atoms with Gasteiger partial charge in [-0.2, -0.15) is 0 Å². The van der Waals surface area contributed by atoms with E-state index in [1.807, 2.05) is 77.4 Å². The maximum Gasteiger partial charge on any atom is 0.236 e. The highest BCUT2D eigenvalue weighted by atomic mass is 79.9. The number of hydrogen-bond acceptors (Lipinski definition) is 8. The molecule has 8 nitrogen and oxygen atoms in total. The van der Waals surface area contributed by atoms with Gasteiger partial charge in [-0.15, -0.1) is 10.2 Å². The number of rotatable bonds is 9. The molecule has 0 radical (unpaired) electrons. The number of ether oxygens (including phenoxy) is 1. The van der Waals surface area contributed by atoms with Crippen molar-refractivity contribution < 1.29 is 9.53 Å². The Bertz CT molecular complexity index is 1510. The van der Waals surface area contributed by atoms with E-state index in [0.29, 0.717) is 22.7 Å². The minimum Gasteiger partial charge on any atom is -0.495 e. The minimum atomic E-state index is -0.158. The summed E-state index contributed by atoms with van der Waals surface area (Å²) in [6.07, 6.45) is 0. The molecule has 11 heteroatoms. The molecule has 1 amide bonds. The van der Waals surface area contributed by atoms with Gasteiger partial charge in [0.05, 0.1) is 35.3 Å². The summed E-state index contributed by atoms with van der Waals surface area (Å²) in [6, 6.07) is 23.4. The number of carbonyl (C=O) groups is 1. The fourth-order valence-electron chi connectivity index (χ4n) is 3.55. The zero-order valence-electron chi connectivity index (χ0n) is 19.1. The smallest absolute Gasteiger partial charge is 0.236 e. The summed E-state index contributed by atoms with van der Waals surface area (Å²) in [7, 11) is 1.64. The standard InChI is InChI=1S/C25H21BrN6O2S2/c1-34-20-10-6-5-9-18(20)27-14-22-30-31-25(32(22)17-7-3-2-4-8-17)35-15-23(33)29-24-28-19-12-11-16(26)13-21(19)36-24/h2-13,27H,14-15H2,1H3,(H,28,29,33). The van der Waals surface area contributed by atoms with Gasteiger partial charge < -0.3 is 15.4 Å². The summed E-state index contributed by atoms with van der Waals surface area (Å²) in [5.74, 6) is 1.47. The molecule has 0 saturated heterocycles. The van der Waals surface area contributed by atoms with Crippen LogP contribution in [0.25, 0.3) is 15.9 Å². The maximum absolute atomic E-state index is 12.7. The molecular weight excluding hydrogens is 560 g/mol. The van der Waals surface area contributed by atoms with Crippen molar-refractivity contribution in [3.8, 4) is 11.4 Å². The average molecular weight is 582 g/mol. The summed E-state index contributed by atoms with van der Waals surface area (Å²) >= 11 is 6.23. The van der Waals surface area contributed by atoms with Gasteiger partial charge in [0.15, 0.2) is 16.1 Å². The van der Waals surface area contributed by atoms with E-state index >= 15 is 0 Å². The number of benzene rings is 3. The first-order valence-corrected chi connectivity index (χ1v) is 13.6. The van der Waals surface area contributed by atoms with Crippen molar-refractivity contribution in [1.29, 1.82) is 0 Å². The summed E-state index contributed by atoms with van der Waals surface area (Å²) < 4.78 is 9.36. The van der Waals surface area contributed by atoms with Crippen LogP contribution in [0.15, 0.2) is 82.4 Å². The molecule has 5 aromatic rings. The predicted octanol–water partition coefficient (Wildman–Crippen LogP) is 5.99. The van der Waals surface area contributed by atoms with E-state index in [0.717, 1.165) is 31.8 Å². The third-order valence-corrected chi connectivity index (χ3v) is 7.54. The summed E-state index contributed by atoms with van der Waals surface area (Å²) in [6.45, 7) is 0.427. The van der Waals surface area contributed by atoms with Crippen molar-refractivity contribution in [3.63, 3.8) is 0 Å². The molecule has 5 rings (SSSR count). The van der Waals surface area contributed by atoms with Gasteiger partial charge in [-0.05, 0) is 42.5 Å². The van der Waals surface area contributed by atoms with Crippen LogP contribution in [0.1, 0.15) is 5.82 Å². The molecular formula is C25H21BrN6O2S2. The Morgan fingerprint density at radius 3 is 2.72 bits per heavy atom. The normalized spacial score (nSPS) is 10.9. The Balaban J connectivity index is 1.31. The average Bonchev–Trinajstić information content (AvgIpc) is 3.49. The molecule has 2 N–H and O–H groups in total. The van der Waals surface area contributed by atoms with Crippen LogP contribution in [-0.4, -0.2) is 38.5 Å². The molecule has 0 aliphatic heterocycles. The van der Waals surface area contributed by atoms with E-state index in [-0.39, 0.29) is 11.7 Å². The van der Waals surface area contributed by atoms with Crippen molar-refractivity contribution >= 4 is 66.0 Å². The number of thiazole rings is 1. The zero-order valence-corrected chi connectivity index (χ0v) is 22.4. The SMILES string of the molecule is COc1ccccc1NCc1nnc(SCC(=O)Nc2nc3ccc(Br)cc3s2)n1-c1ccccc1. The Hall–Kier alpha value is -3.41. The summed E-state index contributed by atoms with van der Waals surface area (Å²) in [5, 5.41) is 16.2. The number of amides is 1. The molecule has 3 aromatic carbocycles. The predicted molar refractivity (Wildman–Crippen MR) is 148 cm³/mol. The number of methoxy groups -OCH3 is 1. The Morgan fingerprint density at radius 1 is 1.08 bits per heavy atom. The first-order valence-electron chi connectivity index (χ1n) is 11.0. The van der Waals surface area contributed by atoms with Crippen molar-refractivity contribution in [1.82, 2.24) is 19.7 Å². The highest BCUT2D eigenvalue weighted by molar-refractivity contribution is 9.10. The van der Waals surface area contributed by atoms with Gasteiger partial charge in [0.25, 0.3) is 0 Å². The molecule has 182 valence electrons. The van der Waals surface area contributed by atoms with Crippen molar-refractivity contribution in [2.24, 2.45) is 0 Å². The monoisotopic (exact) mass is 580 g/mol. The van der Waals surface area contributed by atoms with Crippen LogP contribution >= 0.6 is 39.0 Å². The largest absolute Gasteiger partial charge is 0.495 e. The Labute approximate surface area is 224 Å². The lowest BCUT2D eigenvalue weighted by Gasteiger charge is -2.13. The topological polar surface area (TPSA) is 94.0 Å². The number of carbonyl (C=O) groups excluding carboxylic acids is 1. The van der Waals surface area contributed by atoms with Crippen LogP contribution < -0.4 is 15.4 Å². The van der Waals surface area contributed by atoms with E-state index in [9.17, 15) is 4.79 Å². The van der Waals surface area contributed by atoms with Gasteiger partial charge >= 0.3 is 0 Å². The fraction of sp³-hybridized carbons (Fsp3) is 0.120. The highest BCUT2D eigenvalue weighted by Gasteiger charge is 2.17. The molecule has 0 bridgehead atoms. The van der Waals surface area contributed by atoms with Gasteiger partial charge in [0.1, 0.15) is 5.75 Å². The number of para-hydroxylation sites is 3. The molecule has 0 aliphatic carbocycles. The molecule has 0 spiro atoms. The first kappa shape index (κ1) is 24.3. The quantitative estimate of drug-likeness (QED) is 0.207. The van der Waals surface area contributed by atoms with Crippen molar-refractivity contribution in [2.75, 3.05) is 23.5 Å². The van der Waals surface area contributed by atoms with Gasteiger partial charge in [0.2, 0.25) is 5.91 Å². The minimum absolute atomic E-state index is 0.158. The zero-order chi connectivity index (χ0) is 24.9. The maximum atomic E-state index is 12.7. The number of fused-ring (bicyclic) bond motifs is 1. The third-order valence-electron chi connectivity index (χ3n) is 5.19. The molecule has 0 aliphatic rings. The third kappa shape index (κ3) is 5.53. The number of halogens is 1. The second-order valence-corrected chi connectivity index (χ2v) is 10.5. The van der Waals surface area contributed by atoms with E-state index < -0.39 is 0 Å². The molecule has 0 fully saturated rings. The van der Waals surface area contributed by atoms with Crippen LogP contribution in [0.4, 0.5) is 10.8 Å². The van der Waals surface area contributed by atoms with E-state index in [1.54, 1.807) is 7.11 Å². The summed E-state index contributed by atoms with van der Waals surface area (Å²) in [5.41, 5.74) is 2.63. The Morgan fingerprint density at radius 2 is 1.89 bits per heavy atom. The molecule has 0 unspecified atom stereocenters. The van der Waals surface area contributed by atoms with Crippen LogP contribution in [0.5, 0.6) is 5.75 Å². The van der Waals surface area contributed by atoms with Crippen LogP contribution in [-0.2, 0) is 11.3 Å². The number of nitrogens with one attached hydrogen (secondary N) is 2. The summed E-state index contributed by atoms with van der Waals surface area (Å²) in [4.78, 5) is 17.2. The number of thioether (sulfide) groups is 1. The van der Waals surface area contributed by atoms with Gasteiger partial charge in [-0.25, -0.2) is 4.98 Å². The molecule has 0 atom stereocenters. The molecule has 0 saturated carbocycles. The van der Waals surface area contributed by atoms with Gasteiger partial charge in [0, 0.05) is 10.2 Å². The number of aromatic nitrogens is 4. The van der Waals surface area contributed by atoms with Crippen molar-refractivity contribution in [3.05, 3.63) is 83.1 Å². The number of hydrogen-bond donors (Lipinski definition) is 2. The lowest BCUT2D eigenvalue weighted by atomic mass is 10.3. The molecule has 36 heavy (non-hydrogen) atoms. The van der Waals surface area contributed by atoms with E-state index in [2.05, 4.69) is 41.7 Å². The van der Waals surface area contributed by atoms with E-state index in [4.69, 9.17) is 4.74 Å². The fourth-order valence-corrected chi connectivity index (χ4v) is 5.75. The second kappa shape index (κ2) is 11.1. The number of anilines is 2. The van der Waals surface area contributed by atoms with Crippen molar-refractivity contribution in [2.45, 2.75) is 11.7 Å². The first-order chi connectivity index (χ1) is 17.6. The Kier molecular flexibility index (Phi) is 7.49.